The number of morpholine rings is 1. The van der Waals surface area contributed by atoms with Crippen molar-refractivity contribution in [1.82, 2.24) is 5.32 Å². The first kappa shape index (κ1) is 9.93. The van der Waals surface area contributed by atoms with E-state index in [4.69, 9.17) is 14.2 Å². The van der Waals surface area contributed by atoms with E-state index < -0.39 is 0 Å². The molecule has 0 radical (unpaired) electrons. The molecule has 4 nitrogen and oxygen atoms in total. The molecule has 1 saturated heterocycles. The highest BCUT2D eigenvalue weighted by atomic mass is 16.6. The van der Waals surface area contributed by atoms with Gasteiger partial charge in [-0.3, -0.25) is 0 Å². The number of rotatable bonds is 1. The molecule has 1 fully saturated rings. The lowest BCUT2D eigenvalue weighted by Gasteiger charge is -2.25. The van der Waals surface area contributed by atoms with Gasteiger partial charge >= 0.3 is 0 Å². The third-order valence-electron chi connectivity index (χ3n) is 2.87. The average Bonchev–Trinajstić information content (AvgIpc) is 2.39. The molecule has 2 aliphatic rings. The first-order chi connectivity index (χ1) is 7.93. The highest BCUT2D eigenvalue weighted by Gasteiger charge is 2.19. The number of nitrogens with one attached hydrogen (secondary N) is 1. The van der Waals surface area contributed by atoms with Gasteiger partial charge in [-0.25, -0.2) is 0 Å². The summed E-state index contributed by atoms with van der Waals surface area (Å²) in [6.45, 7) is 3.81. The smallest absolute Gasteiger partial charge is 0.161 e. The van der Waals surface area contributed by atoms with Crippen LogP contribution < -0.4 is 14.8 Å². The van der Waals surface area contributed by atoms with Crippen LogP contribution in [-0.4, -0.2) is 32.9 Å². The van der Waals surface area contributed by atoms with Crippen LogP contribution >= 0.6 is 0 Å². The van der Waals surface area contributed by atoms with Crippen molar-refractivity contribution in [3.63, 3.8) is 0 Å². The fourth-order valence-corrected chi connectivity index (χ4v) is 2.04. The topological polar surface area (TPSA) is 39.7 Å². The Hall–Kier alpha value is -1.26. The molecule has 2 aliphatic heterocycles. The Kier molecular flexibility index (Phi) is 2.68. The lowest BCUT2D eigenvalue weighted by atomic mass is 10.1. The highest BCUT2D eigenvalue weighted by Crippen LogP contribution is 2.33. The Morgan fingerprint density at radius 1 is 1.06 bits per heavy atom. The fourth-order valence-electron chi connectivity index (χ4n) is 2.04. The van der Waals surface area contributed by atoms with Gasteiger partial charge in [-0.15, -0.1) is 0 Å². The highest BCUT2D eigenvalue weighted by molar-refractivity contribution is 5.44. The predicted octanol–water partition coefficient (Wildman–Crippen LogP) is 1.12. The Bertz CT molecular complexity index is 375. The molecule has 86 valence electrons. The van der Waals surface area contributed by atoms with Crippen LogP contribution in [0.1, 0.15) is 11.7 Å². The van der Waals surface area contributed by atoms with Gasteiger partial charge in [-0.05, 0) is 17.7 Å². The summed E-state index contributed by atoms with van der Waals surface area (Å²) in [5, 5.41) is 3.32. The molecule has 1 N–H and O–H groups in total. The van der Waals surface area contributed by atoms with Crippen molar-refractivity contribution in [1.29, 1.82) is 0 Å². The van der Waals surface area contributed by atoms with E-state index in [0.717, 1.165) is 36.8 Å². The molecular weight excluding hydrogens is 206 g/mol. The van der Waals surface area contributed by atoms with Gasteiger partial charge in [0.15, 0.2) is 11.5 Å². The SMILES string of the molecule is c1cc2c(cc1C1CNCCO1)OCCO2. The fraction of sp³-hybridized carbons (Fsp3) is 0.500. The molecule has 1 aromatic carbocycles. The second-order valence-electron chi connectivity index (χ2n) is 3.97. The van der Waals surface area contributed by atoms with Crippen LogP contribution in [0.25, 0.3) is 0 Å². The van der Waals surface area contributed by atoms with Gasteiger partial charge in [0.2, 0.25) is 0 Å². The lowest BCUT2D eigenvalue weighted by Crippen LogP contribution is -2.33. The molecule has 1 atom stereocenters. The Labute approximate surface area is 94.5 Å². The summed E-state index contributed by atoms with van der Waals surface area (Å²) >= 11 is 0. The van der Waals surface area contributed by atoms with Crippen LogP contribution in [0, 0.1) is 0 Å². The first-order valence-electron chi connectivity index (χ1n) is 5.65. The van der Waals surface area contributed by atoms with Gasteiger partial charge in [0.1, 0.15) is 13.2 Å². The number of hydrogen-bond acceptors (Lipinski definition) is 4. The normalized spacial score (nSPS) is 24.1. The van der Waals surface area contributed by atoms with Crippen molar-refractivity contribution in [2.75, 3.05) is 32.9 Å². The third-order valence-corrected chi connectivity index (χ3v) is 2.87. The van der Waals surface area contributed by atoms with Crippen molar-refractivity contribution in [2.45, 2.75) is 6.10 Å². The quantitative estimate of drug-likeness (QED) is 0.771. The molecule has 0 aliphatic carbocycles. The van der Waals surface area contributed by atoms with Crippen molar-refractivity contribution in [3.8, 4) is 11.5 Å². The van der Waals surface area contributed by atoms with Gasteiger partial charge in [0.05, 0.1) is 12.7 Å². The largest absolute Gasteiger partial charge is 0.486 e. The molecule has 4 heteroatoms. The number of fused-ring (bicyclic) bond motifs is 1. The van der Waals surface area contributed by atoms with Crippen LogP contribution in [-0.2, 0) is 4.74 Å². The molecule has 16 heavy (non-hydrogen) atoms. The van der Waals surface area contributed by atoms with E-state index >= 15 is 0 Å². The van der Waals surface area contributed by atoms with E-state index in [0.29, 0.717) is 13.2 Å². The van der Waals surface area contributed by atoms with Crippen molar-refractivity contribution in [2.24, 2.45) is 0 Å². The minimum absolute atomic E-state index is 0.129. The van der Waals surface area contributed by atoms with E-state index in [1.54, 1.807) is 0 Å². The molecule has 0 spiro atoms. The molecular formula is C12H15NO3. The van der Waals surface area contributed by atoms with Crippen LogP contribution in [0.2, 0.25) is 0 Å². The third kappa shape index (κ3) is 1.86. The van der Waals surface area contributed by atoms with E-state index in [1.807, 2.05) is 18.2 Å². The van der Waals surface area contributed by atoms with Crippen LogP contribution in [0.4, 0.5) is 0 Å². The van der Waals surface area contributed by atoms with E-state index in [-0.39, 0.29) is 6.10 Å². The zero-order chi connectivity index (χ0) is 10.8. The van der Waals surface area contributed by atoms with Gasteiger partial charge in [0, 0.05) is 13.1 Å². The summed E-state index contributed by atoms with van der Waals surface area (Å²) in [6.07, 6.45) is 0.129. The first-order valence-corrected chi connectivity index (χ1v) is 5.65. The van der Waals surface area contributed by atoms with E-state index in [9.17, 15) is 0 Å². The molecule has 1 aromatic rings. The molecule has 0 aromatic heterocycles. The van der Waals surface area contributed by atoms with Crippen LogP contribution in [0.3, 0.4) is 0 Å². The van der Waals surface area contributed by atoms with E-state index in [1.165, 1.54) is 0 Å². The minimum Gasteiger partial charge on any atom is -0.486 e. The van der Waals surface area contributed by atoms with Gasteiger partial charge < -0.3 is 19.5 Å². The summed E-state index contributed by atoms with van der Waals surface area (Å²) in [5.74, 6) is 1.66. The lowest BCUT2D eigenvalue weighted by molar-refractivity contribution is 0.0273. The maximum atomic E-state index is 5.70. The Balaban J connectivity index is 1.84. The molecule has 0 saturated carbocycles. The van der Waals surface area contributed by atoms with Crippen LogP contribution in [0.15, 0.2) is 18.2 Å². The van der Waals surface area contributed by atoms with Crippen molar-refractivity contribution in [3.05, 3.63) is 23.8 Å². The summed E-state index contributed by atoms with van der Waals surface area (Å²) in [5.41, 5.74) is 1.15. The second kappa shape index (κ2) is 4.31. The predicted molar refractivity (Wildman–Crippen MR) is 59.0 cm³/mol. The van der Waals surface area contributed by atoms with E-state index in [2.05, 4.69) is 5.32 Å². The average molecular weight is 221 g/mol. The minimum atomic E-state index is 0.129. The molecule has 0 amide bonds. The Morgan fingerprint density at radius 3 is 2.75 bits per heavy atom. The van der Waals surface area contributed by atoms with Gasteiger partial charge in [-0.1, -0.05) is 6.07 Å². The number of hydrogen-bond donors (Lipinski definition) is 1. The van der Waals surface area contributed by atoms with Gasteiger partial charge in [0.25, 0.3) is 0 Å². The summed E-state index contributed by atoms with van der Waals surface area (Å²) in [6, 6.07) is 6.03. The monoisotopic (exact) mass is 221 g/mol. The summed E-state index contributed by atoms with van der Waals surface area (Å²) < 4.78 is 16.7. The molecule has 3 rings (SSSR count). The summed E-state index contributed by atoms with van der Waals surface area (Å²) in [7, 11) is 0. The second-order valence-corrected chi connectivity index (χ2v) is 3.97. The van der Waals surface area contributed by atoms with Gasteiger partial charge in [-0.2, -0.15) is 0 Å². The van der Waals surface area contributed by atoms with Crippen LogP contribution in [0.5, 0.6) is 11.5 Å². The number of benzene rings is 1. The molecule has 2 heterocycles. The summed E-state index contributed by atoms with van der Waals surface area (Å²) in [4.78, 5) is 0. The van der Waals surface area contributed by atoms with Crippen molar-refractivity contribution >= 4 is 0 Å². The zero-order valence-corrected chi connectivity index (χ0v) is 9.07. The van der Waals surface area contributed by atoms with Crippen molar-refractivity contribution < 1.29 is 14.2 Å². The molecule has 0 bridgehead atoms. The molecule has 1 unspecified atom stereocenters. The Morgan fingerprint density at radius 2 is 1.94 bits per heavy atom. The standard InChI is InChI=1S/C12H15NO3/c1-2-10-11(16-6-5-15-10)7-9(1)12-8-13-3-4-14-12/h1-2,7,12-13H,3-6,8H2. The maximum Gasteiger partial charge on any atom is 0.161 e. The number of ether oxygens (including phenoxy) is 3. The maximum absolute atomic E-state index is 5.70. The zero-order valence-electron chi connectivity index (χ0n) is 9.07.